The minimum absolute atomic E-state index is 0.0101. The first-order valence-corrected chi connectivity index (χ1v) is 6.22. The summed E-state index contributed by atoms with van der Waals surface area (Å²) in [5, 5.41) is 31.0. The van der Waals surface area contributed by atoms with Gasteiger partial charge in [0.25, 0.3) is 0 Å². The molecule has 1 amide bonds. The van der Waals surface area contributed by atoms with E-state index in [0.717, 1.165) is 0 Å². The molecule has 0 unspecified atom stereocenters. The van der Waals surface area contributed by atoms with Crippen LogP contribution in [0.2, 0.25) is 0 Å². The van der Waals surface area contributed by atoms with Gasteiger partial charge in [-0.2, -0.15) is 0 Å². The smallest absolute Gasteiger partial charge is 0.326 e. The van der Waals surface area contributed by atoms with Crippen molar-refractivity contribution < 1.29 is 24.9 Å². The van der Waals surface area contributed by atoms with Crippen LogP contribution in [0, 0.1) is 0 Å². The molecule has 0 saturated carbocycles. The Morgan fingerprint density at radius 3 is 2.37 bits per heavy atom. The highest BCUT2D eigenvalue weighted by molar-refractivity contribution is 5.87. The molecule has 112 valence electrons. The zero-order valence-corrected chi connectivity index (χ0v) is 11.6. The van der Waals surface area contributed by atoms with Crippen molar-refractivity contribution in [2.45, 2.75) is 51.3 Å². The van der Waals surface area contributed by atoms with Crippen molar-refractivity contribution >= 4 is 11.9 Å². The van der Waals surface area contributed by atoms with E-state index in [-0.39, 0.29) is 18.1 Å². The minimum atomic E-state index is -0.944. The van der Waals surface area contributed by atoms with E-state index in [1.165, 1.54) is 0 Å². The van der Waals surface area contributed by atoms with Crippen molar-refractivity contribution in [2.24, 2.45) is 0 Å². The number of aliphatic hydroxyl groups excluding tert-OH is 2. The molecule has 7 nitrogen and oxygen atoms in total. The van der Waals surface area contributed by atoms with E-state index in [9.17, 15) is 9.59 Å². The Morgan fingerprint density at radius 1 is 1.53 bits per heavy atom. The minimum Gasteiger partial charge on any atom is -0.480 e. The first kappa shape index (κ1) is 17.8. The molecule has 5 N–H and O–H groups in total. The molecule has 1 saturated heterocycles. The SMILES string of the molecule is CC(C)(C)NC[C@H](O)CO.O=C1CC[C@@H](C(=O)O)N1. The average molecular weight is 276 g/mol. The molecule has 0 bridgehead atoms. The second-order valence-electron chi connectivity index (χ2n) is 5.46. The summed E-state index contributed by atoms with van der Waals surface area (Å²) < 4.78 is 0. The number of carboxylic acids is 1. The molecular formula is C12H24N2O5. The topological polar surface area (TPSA) is 119 Å². The molecule has 0 radical (unpaired) electrons. The van der Waals surface area contributed by atoms with Crippen LogP contribution >= 0.6 is 0 Å². The molecule has 1 rings (SSSR count). The van der Waals surface area contributed by atoms with Crippen molar-refractivity contribution in [3.05, 3.63) is 0 Å². The third-order valence-corrected chi connectivity index (χ3v) is 2.37. The maximum atomic E-state index is 10.4. The maximum Gasteiger partial charge on any atom is 0.326 e. The number of carboxylic acid groups (broad SMARTS) is 1. The molecule has 0 spiro atoms. The number of nitrogens with one attached hydrogen (secondary N) is 2. The number of β-amino-alcohol motifs (C(OH)–C–C–N with tert-alkyl or cyclic N) is 1. The lowest BCUT2D eigenvalue weighted by Gasteiger charge is -2.21. The maximum absolute atomic E-state index is 10.4. The van der Waals surface area contributed by atoms with Gasteiger partial charge in [-0.1, -0.05) is 0 Å². The summed E-state index contributed by atoms with van der Waals surface area (Å²) >= 11 is 0. The van der Waals surface area contributed by atoms with Gasteiger partial charge in [-0.25, -0.2) is 4.79 Å². The predicted molar refractivity (Wildman–Crippen MR) is 69.6 cm³/mol. The van der Waals surface area contributed by atoms with Crippen LogP contribution in [-0.2, 0) is 9.59 Å². The molecule has 7 heteroatoms. The molecular weight excluding hydrogens is 252 g/mol. The second-order valence-corrected chi connectivity index (χ2v) is 5.46. The number of carbonyl (C=O) groups excluding carboxylic acids is 1. The van der Waals surface area contributed by atoms with Crippen molar-refractivity contribution in [3.8, 4) is 0 Å². The van der Waals surface area contributed by atoms with Crippen LogP contribution in [0.15, 0.2) is 0 Å². The molecule has 0 aromatic rings. The van der Waals surface area contributed by atoms with Crippen LogP contribution in [-0.4, -0.2) is 58.0 Å². The third-order valence-electron chi connectivity index (χ3n) is 2.37. The van der Waals surface area contributed by atoms with Gasteiger partial charge >= 0.3 is 5.97 Å². The van der Waals surface area contributed by atoms with E-state index in [4.69, 9.17) is 15.3 Å². The Balaban J connectivity index is 0.000000342. The fourth-order valence-corrected chi connectivity index (χ4v) is 1.29. The second kappa shape index (κ2) is 8.08. The first-order chi connectivity index (χ1) is 8.65. The fraction of sp³-hybridized carbons (Fsp3) is 0.833. The van der Waals surface area contributed by atoms with Gasteiger partial charge < -0.3 is 26.0 Å². The van der Waals surface area contributed by atoms with Crippen molar-refractivity contribution in [2.75, 3.05) is 13.2 Å². The van der Waals surface area contributed by atoms with Crippen LogP contribution in [0.25, 0.3) is 0 Å². The molecule has 1 heterocycles. The van der Waals surface area contributed by atoms with Gasteiger partial charge in [-0.3, -0.25) is 4.79 Å². The largest absolute Gasteiger partial charge is 0.480 e. The highest BCUT2D eigenvalue weighted by atomic mass is 16.4. The standard InChI is InChI=1S/C7H17NO2.C5H7NO3/c1-7(2,3)8-4-6(10)5-9;7-4-2-1-3(6-4)5(8)9/h6,8-10H,4-5H2,1-3H3;3H,1-2H2,(H,6,7)(H,8,9)/t6-;3-/m00/s1. The van der Waals surface area contributed by atoms with Crippen LogP contribution in [0.1, 0.15) is 33.6 Å². The molecule has 19 heavy (non-hydrogen) atoms. The Hall–Kier alpha value is -1.18. The average Bonchev–Trinajstić information content (AvgIpc) is 2.73. The highest BCUT2D eigenvalue weighted by Gasteiger charge is 2.26. The predicted octanol–water partition coefficient (Wildman–Crippen LogP) is -0.923. The highest BCUT2D eigenvalue weighted by Crippen LogP contribution is 2.05. The molecule has 1 aliphatic heterocycles. The van der Waals surface area contributed by atoms with E-state index in [2.05, 4.69) is 10.6 Å². The van der Waals surface area contributed by atoms with E-state index in [1.807, 2.05) is 20.8 Å². The van der Waals surface area contributed by atoms with Crippen LogP contribution in [0.4, 0.5) is 0 Å². The van der Waals surface area contributed by atoms with Gasteiger partial charge in [0.05, 0.1) is 12.7 Å². The summed E-state index contributed by atoms with van der Waals surface area (Å²) in [5.74, 6) is -1.11. The lowest BCUT2D eigenvalue weighted by Crippen LogP contribution is -2.41. The number of hydrogen-bond donors (Lipinski definition) is 5. The summed E-state index contributed by atoms with van der Waals surface area (Å²) in [5.41, 5.74) is 0.0101. The summed E-state index contributed by atoms with van der Waals surface area (Å²) in [4.78, 5) is 20.5. The molecule has 0 aromatic heterocycles. The number of aliphatic carboxylic acids is 1. The van der Waals surface area contributed by atoms with Gasteiger partial charge in [-0.15, -0.1) is 0 Å². The number of aliphatic hydroxyl groups is 2. The van der Waals surface area contributed by atoms with Gasteiger partial charge in [0.1, 0.15) is 6.04 Å². The van der Waals surface area contributed by atoms with Gasteiger partial charge in [-0.05, 0) is 27.2 Å². The first-order valence-electron chi connectivity index (χ1n) is 6.22. The molecule has 1 aliphatic rings. The summed E-state index contributed by atoms with van der Waals surface area (Å²) in [6.45, 7) is 6.30. The van der Waals surface area contributed by atoms with Crippen LogP contribution in [0.5, 0.6) is 0 Å². The Morgan fingerprint density at radius 2 is 2.11 bits per heavy atom. The summed E-state index contributed by atoms with van der Waals surface area (Å²) in [6.07, 6.45) is 0.129. The van der Waals surface area contributed by atoms with E-state index < -0.39 is 18.1 Å². The van der Waals surface area contributed by atoms with Crippen LogP contribution in [0.3, 0.4) is 0 Å². The molecule has 1 fully saturated rings. The van der Waals surface area contributed by atoms with E-state index in [0.29, 0.717) is 19.4 Å². The molecule has 0 aromatic carbocycles. The van der Waals surface area contributed by atoms with E-state index >= 15 is 0 Å². The number of hydrogen-bond acceptors (Lipinski definition) is 5. The fourth-order valence-electron chi connectivity index (χ4n) is 1.29. The monoisotopic (exact) mass is 276 g/mol. The van der Waals surface area contributed by atoms with Gasteiger partial charge in [0.15, 0.2) is 0 Å². The Kier molecular flexibility index (Phi) is 7.58. The zero-order valence-electron chi connectivity index (χ0n) is 11.6. The van der Waals surface area contributed by atoms with Crippen molar-refractivity contribution in [3.63, 3.8) is 0 Å². The van der Waals surface area contributed by atoms with Crippen molar-refractivity contribution in [1.82, 2.24) is 10.6 Å². The Bertz CT molecular complexity index is 301. The summed E-state index contributed by atoms with van der Waals surface area (Å²) in [7, 11) is 0. The normalized spacial score (nSPS) is 20.3. The number of amides is 1. The van der Waals surface area contributed by atoms with Gasteiger partial charge in [0.2, 0.25) is 5.91 Å². The zero-order chi connectivity index (χ0) is 15.1. The number of carbonyl (C=O) groups is 2. The Labute approximate surface area is 113 Å². The van der Waals surface area contributed by atoms with Gasteiger partial charge in [0, 0.05) is 18.5 Å². The quantitative estimate of drug-likeness (QED) is 0.453. The molecule has 0 aliphatic carbocycles. The lowest BCUT2D eigenvalue weighted by atomic mass is 10.1. The third kappa shape index (κ3) is 9.40. The lowest BCUT2D eigenvalue weighted by molar-refractivity contribution is -0.140. The van der Waals surface area contributed by atoms with Crippen molar-refractivity contribution in [1.29, 1.82) is 0 Å². The summed E-state index contributed by atoms with van der Waals surface area (Å²) in [6, 6.07) is -0.641. The van der Waals surface area contributed by atoms with E-state index in [1.54, 1.807) is 0 Å². The van der Waals surface area contributed by atoms with Crippen LogP contribution < -0.4 is 10.6 Å². The number of rotatable bonds is 4. The molecule has 2 atom stereocenters.